The Morgan fingerprint density at radius 1 is 1.21 bits per heavy atom. The number of aromatic nitrogens is 1. The van der Waals surface area contributed by atoms with Crippen molar-refractivity contribution >= 4 is 34.2 Å². The maximum atomic E-state index is 13.3. The fourth-order valence-corrected chi connectivity index (χ4v) is 3.01. The van der Waals surface area contributed by atoms with Gasteiger partial charge >= 0.3 is 12.0 Å². The number of hydrogen-bond donors (Lipinski definition) is 1. The summed E-state index contributed by atoms with van der Waals surface area (Å²) in [6, 6.07) is 11.7. The molecule has 0 aliphatic carbocycles. The number of carbonyl (C=O) groups is 2. The van der Waals surface area contributed by atoms with Gasteiger partial charge in [-0.1, -0.05) is 17.4 Å². The Hall–Kier alpha value is -3.46. The zero-order valence-corrected chi connectivity index (χ0v) is 16.5. The summed E-state index contributed by atoms with van der Waals surface area (Å²) in [5, 5.41) is 3.42. The van der Waals surface area contributed by atoms with Crippen molar-refractivity contribution in [2.75, 3.05) is 23.9 Å². The molecule has 0 atom stereocenters. The molecular weight excluding hydrogens is 397 g/mol. The van der Waals surface area contributed by atoms with Crippen molar-refractivity contribution in [2.24, 2.45) is 0 Å². The van der Waals surface area contributed by atoms with Crippen molar-refractivity contribution in [2.45, 2.75) is 6.92 Å². The van der Waals surface area contributed by atoms with Gasteiger partial charge in [-0.2, -0.15) is 0 Å². The fraction of sp³-hybridized carbons (Fsp3) is 0.150. The Bertz CT molecular complexity index is 1010. The number of halogens is 1. The van der Waals surface area contributed by atoms with Crippen LogP contribution in [0.1, 0.15) is 17.3 Å². The van der Waals surface area contributed by atoms with Gasteiger partial charge in [-0.15, -0.1) is 0 Å². The van der Waals surface area contributed by atoms with E-state index in [0.717, 1.165) is 11.3 Å². The highest BCUT2D eigenvalue weighted by Crippen LogP contribution is 2.30. The van der Waals surface area contributed by atoms with Crippen molar-refractivity contribution in [3.63, 3.8) is 0 Å². The lowest BCUT2D eigenvalue weighted by Crippen LogP contribution is -2.31. The predicted molar refractivity (Wildman–Crippen MR) is 108 cm³/mol. The van der Waals surface area contributed by atoms with Gasteiger partial charge < -0.3 is 9.47 Å². The number of hydrogen-bond acceptors (Lipinski definition) is 6. The molecule has 29 heavy (non-hydrogen) atoms. The van der Waals surface area contributed by atoms with Gasteiger partial charge in [0.2, 0.25) is 5.06 Å². The highest BCUT2D eigenvalue weighted by Gasteiger charge is 2.14. The molecule has 2 amide bonds. The first-order valence-electron chi connectivity index (χ1n) is 8.67. The van der Waals surface area contributed by atoms with Crippen molar-refractivity contribution < 1.29 is 23.5 Å². The zero-order chi connectivity index (χ0) is 20.8. The van der Waals surface area contributed by atoms with E-state index in [0.29, 0.717) is 33.8 Å². The van der Waals surface area contributed by atoms with Crippen molar-refractivity contribution in [1.29, 1.82) is 0 Å². The first-order valence-corrected chi connectivity index (χ1v) is 9.49. The third kappa shape index (κ3) is 5.29. The molecule has 2 aromatic carbocycles. The van der Waals surface area contributed by atoms with Crippen LogP contribution in [0.15, 0.2) is 54.7 Å². The maximum absolute atomic E-state index is 13.3. The first kappa shape index (κ1) is 20.3. The molecule has 0 fully saturated rings. The molecule has 0 bridgehead atoms. The van der Waals surface area contributed by atoms with Gasteiger partial charge in [-0.25, -0.2) is 19.0 Å². The van der Waals surface area contributed by atoms with E-state index in [1.54, 1.807) is 37.3 Å². The van der Waals surface area contributed by atoms with Crippen LogP contribution < -0.4 is 15.0 Å². The van der Waals surface area contributed by atoms with Crippen LogP contribution in [0, 0.1) is 5.82 Å². The standard InChI is InChI=1S/C20H18FN3O4S/c1-3-27-18(25)13-7-9-16(10-8-13)28-17-12-22-19(29-17)23-20(26)24(2)15-6-4-5-14(21)11-15/h4-12H,3H2,1-2H3,(H,22,23,26). The zero-order valence-electron chi connectivity index (χ0n) is 15.7. The third-order valence-electron chi connectivity index (χ3n) is 3.78. The molecule has 0 saturated heterocycles. The summed E-state index contributed by atoms with van der Waals surface area (Å²) in [7, 11) is 1.53. The summed E-state index contributed by atoms with van der Waals surface area (Å²) in [6.07, 6.45) is 1.47. The molecule has 0 aliphatic heterocycles. The highest BCUT2D eigenvalue weighted by atomic mass is 32.1. The Kier molecular flexibility index (Phi) is 6.40. The molecule has 1 heterocycles. The van der Waals surface area contributed by atoms with Gasteiger partial charge in [0.1, 0.15) is 11.6 Å². The van der Waals surface area contributed by atoms with Crippen LogP contribution in [0.25, 0.3) is 0 Å². The Morgan fingerprint density at radius 3 is 2.66 bits per heavy atom. The second-order valence-corrected chi connectivity index (χ2v) is 6.79. The lowest BCUT2D eigenvalue weighted by Gasteiger charge is -2.16. The van der Waals surface area contributed by atoms with E-state index in [2.05, 4.69) is 10.3 Å². The molecule has 0 unspecified atom stereocenters. The number of rotatable bonds is 6. The number of nitrogens with zero attached hydrogens (tertiary/aromatic N) is 2. The van der Waals surface area contributed by atoms with Gasteiger partial charge in [0.15, 0.2) is 5.13 Å². The van der Waals surface area contributed by atoms with Gasteiger partial charge in [-0.05, 0) is 49.4 Å². The van der Waals surface area contributed by atoms with Crippen LogP contribution in [0.4, 0.5) is 20.0 Å². The van der Waals surface area contributed by atoms with Crippen LogP contribution in [-0.2, 0) is 4.74 Å². The lowest BCUT2D eigenvalue weighted by molar-refractivity contribution is 0.0526. The van der Waals surface area contributed by atoms with E-state index >= 15 is 0 Å². The summed E-state index contributed by atoms with van der Waals surface area (Å²) >= 11 is 1.13. The third-order valence-corrected chi connectivity index (χ3v) is 4.57. The average Bonchev–Trinajstić information content (AvgIpc) is 3.14. The SMILES string of the molecule is CCOC(=O)c1ccc(Oc2cnc(NC(=O)N(C)c3cccc(F)c3)s2)cc1. The van der Waals surface area contributed by atoms with Gasteiger partial charge in [-0.3, -0.25) is 10.2 Å². The minimum absolute atomic E-state index is 0.306. The summed E-state index contributed by atoms with van der Waals surface area (Å²) < 4.78 is 23.9. The Balaban J connectivity index is 1.60. The van der Waals surface area contributed by atoms with Crippen molar-refractivity contribution in [1.82, 2.24) is 4.98 Å². The smallest absolute Gasteiger partial charge is 0.338 e. The van der Waals surface area contributed by atoms with E-state index in [1.807, 2.05) is 0 Å². The summed E-state index contributed by atoms with van der Waals surface area (Å²) in [6.45, 7) is 2.05. The molecule has 0 saturated carbocycles. The van der Waals surface area contributed by atoms with Crippen LogP contribution in [-0.4, -0.2) is 30.6 Å². The van der Waals surface area contributed by atoms with Crippen LogP contribution in [0.3, 0.4) is 0 Å². The number of nitrogens with one attached hydrogen (secondary N) is 1. The van der Waals surface area contributed by atoms with E-state index in [1.165, 1.54) is 36.3 Å². The molecule has 150 valence electrons. The van der Waals surface area contributed by atoms with Crippen LogP contribution >= 0.6 is 11.3 Å². The molecule has 9 heteroatoms. The van der Waals surface area contributed by atoms with Gasteiger partial charge in [0.05, 0.1) is 18.4 Å². The molecule has 1 aromatic heterocycles. The summed E-state index contributed by atoms with van der Waals surface area (Å²) in [5.74, 6) is -0.318. The van der Waals surface area contributed by atoms with E-state index in [9.17, 15) is 14.0 Å². The van der Waals surface area contributed by atoms with Gasteiger partial charge in [0, 0.05) is 12.7 Å². The number of amides is 2. The number of thiazole rings is 1. The monoisotopic (exact) mass is 415 g/mol. The minimum atomic E-state index is -0.463. The number of esters is 1. The molecule has 0 spiro atoms. The molecular formula is C20H18FN3O4S. The van der Waals surface area contributed by atoms with E-state index < -0.39 is 17.8 Å². The summed E-state index contributed by atoms with van der Waals surface area (Å²) in [4.78, 5) is 29.4. The van der Waals surface area contributed by atoms with E-state index in [-0.39, 0.29) is 0 Å². The minimum Gasteiger partial charge on any atom is -0.462 e. The topological polar surface area (TPSA) is 80.8 Å². The number of carbonyl (C=O) groups excluding carboxylic acids is 2. The predicted octanol–water partition coefficient (Wildman–Crippen LogP) is 4.92. The normalized spacial score (nSPS) is 10.3. The Labute approximate surface area is 170 Å². The quantitative estimate of drug-likeness (QED) is 0.578. The lowest BCUT2D eigenvalue weighted by atomic mass is 10.2. The first-order chi connectivity index (χ1) is 14.0. The number of benzene rings is 2. The molecule has 1 N–H and O–H groups in total. The summed E-state index contributed by atoms with van der Waals surface area (Å²) in [5.41, 5.74) is 0.842. The van der Waals surface area contributed by atoms with Crippen molar-refractivity contribution in [3.8, 4) is 10.8 Å². The van der Waals surface area contributed by atoms with Crippen LogP contribution in [0.5, 0.6) is 10.8 Å². The van der Waals surface area contributed by atoms with Crippen molar-refractivity contribution in [3.05, 3.63) is 66.1 Å². The number of ether oxygens (including phenoxy) is 2. The van der Waals surface area contributed by atoms with Crippen LogP contribution in [0.2, 0.25) is 0 Å². The molecule has 0 radical (unpaired) electrons. The molecule has 0 aliphatic rings. The maximum Gasteiger partial charge on any atom is 0.338 e. The molecule has 3 aromatic rings. The van der Waals surface area contributed by atoms with Gasteiger partial charge in [0.25, 0.3) is 0 Å². The molecule has 7 nitrogen and oxygen atoms in total. The Morgan fingerprint density at radius 2 is 1.97 bits per heavy atom. The largest absolute Gasteiger partial charge is 0.462 e. The van der Waals surface area contributed by atoms with E-state index in [4.69, 9.17) is 9.47 Å². The fourth-order valence-electron chi connectivity index (χ4n) is 2.33. The highest BCUT2D eigenvalue weighted by molar-refractivity contribution is 7.17. The average molecular weight is 415 g/mol. The number of anilines is 2. The molecule has 3 rings (SSSR count). The second-order valence-electron chi connectivity index (χ2n) is 5.80. The second kappa shape index (κ2) is 9.16. The number of urea groups is 1.